The zero-order valence-electron chi connectivity index (χ0n) is 16.9. The van der Waals surface area contributed by atoms with Gasteiger partial charge in [0.2, 0.25) is 0 Å². The number of Topliss-reactive ketones (excluding diaryl/α,β-unsaturated/α-hetero) is 1. The Morgan fingerprint density at radius 1 is 0.967 bits per heavy atom. The Bertz CT molecular complexity index is 1090. The van der Waals surface area contributed by atoms with E-state index in [-0.39, 0.29) is 11.5 Å². The van der Waals surface area contributed by atoms with Gasteiger partial charge in [-0.15, -0.1) is 0 Å². The second-order valence-electron chi connectivity index (χ2n) is 6.75. The fourth-order valence-corrected chi connectivity index (χ4v) is 3.14. The van der Waals surface area contributed by atoms with Gasteiger partial charge in [0.15, 0.2) is 12.4 Å². The fourth-order valence-electron chi connectivity index (χ4n) is 3.14. The molecule has 0 bridgehead atoms. The number of amides is 1. The highest BCUT2D eigenvalue weighted by Crippen LogP contribution is 2.24. The maximum atomic E-state index is 12.3. The van der Waals surface area contributed by atoms with E-state index in [9.17, 15) is 14.4 Å². The van der Waals surface area contributed by atoms with E-state index in [1.54, 1.807) is 38.1 Å². The number of aryl methyl sites for hydroxylation is 1. The van der Waals surface area contributed by atoms with Crippen LogP contribution in [-0.2, 0) is 9.53 Å². The number of ketones is 1. The Morgan fingerprint density at radius 2 is 1.67 bits per heavy atom. The van der Waals surface area contributed by atoms with Crippen LogP contribution < -0.4 is 10.1 Å². The van der Waals surface area contributed by atoms with Gasteiger partial charge in [0.1, 0.15) is 17.2 Å². The largest absolute Gasteiger partial charge is 0.457 e. The summed E-state index contributed by atoms with van der Waals surface area (Å²) in [5, 5.41) is 2.66. The van der Waals surface area contributed by atoms with E-state index in [0.717, 1.165) is 0 Å². The first-order valence-corrected chi connectivity index (χ1v) is 9.35. The number of para-hydroxylation sites is 1. The number of rotatable bonds is 7. The Labute approximate surface area is 174 Å². The topological polar surface area (TPSA) is 97.5 Å². The Balaban J connectivity index is 1.59. The molecule has 0 aliphatic heterocycles. The number of hydrogen-bond acceptors (Lipinski definition) is 5. The standard InChI is InChI=1S/C23H22N2O5/c1-14-21(16(3)26)15(2)24-22(14)23(28)29-13-20(27)25-17-8-7-11-19(12-17)30-18-9-5-4-6-10-18/h4-12,24H,13H2,1-3H3,(H,25,27). The van der Waals surface area contributed by atoms with Crippen LogP contribution in [-0.4, -0.2) is 29.3 Å². The highest BCUT2D eigenvalue weighted by atomic mass is 16.5. The average molecular weight is 406 g/mol. The van der Waals surface area contributed by atoms with Crippen molar-refractivity contribution in [2.75, 3.05) is 11.9 Å². The lowest BCUT2D eigenvalue weighted by Crippen LogP contribution is -2.21. The molecule has 0 aliphatic carbocycles. The first kappa shape index (κ1) is 20.9. The Morgan fingerprint density at radius 3 is 2.33 bits per heavy atom. The highest BCUT2D eigenvalue weighted by molar-refractivity contribution is 6.01. The number of anilines is 1. The van der Waals surface area contributed by atoms with Crippen LogP contribution >= 0.6 is 0 Å². The number of hydrogen-bond donors (Lipinski definition) is 2. The summed E-state index contributed by atoms with van der Waals surface area (Å²) in [7, 11) is 0. The monoisotopic (exact) mass is 406 g/mol. The summed E-state index contributed by atoms with van der Waals surface area (Å²) in [6, 6.07) is 16.2. The minimum Gasteiger partial charge on any atom is -0.457 e. The van der Waals surface area contributed by atoms with Gasteiger partial charge in [-0.05, 0) is 50.6 Å². The summed E-state index contributed by atoms with van der Waals surface area (Å²) in [4.78, 5) is 39.0. The number of carbonyl (C=O) groups excluding carboxylic acids is 3. The molecule has 7 nitrogen and oxygen atoms in total. The molecular weight excluding hydrogens is 384 g/mol. The molecule has 0 aliphatic rings. The Hall–Kier alpha value is -3.87. The van der Waals surface area contributed by atoms with Gasteiger partial charge in [-0.1, -0.05) is 24.3 Å². The minimum atomic E-state index is -0.695. The normalized spacial score (nSPS) is 10.4. The van der Waals surface area contributed by atoms with Crippen molar-refractivity contribution >= 4 is 23.3 Å². The van der Waals surface area contributed by atoms with E-state index in [0.29, 0.717) is 34.0 Å². The van der Waals surface area contributed by atoms with E-state index in [2.05, 4.69) is 10.3 Å². The minimum absolute atomic E-state index is 0.143. The molecule has 3 aromatic rings. The lowest BCUT2D eigenvalue weighted by molar-refractivity contribution is -0.119. The zero-order chi connectivity index (χ0) is 21.7. The van der Waals surface area contributed by atoms with Crippen LogP contribution in [0.25, 0.3) is 0 Å². The van der Waals surface area contributed by atoms with Crippen molar-refractivity contribution in [1.82, 2.24) is 4.98 Å². The maximum Gasteiger partial charge on any atom is 0.355 e. The summed E-state index contributed by atoms with van der Waals surface area (Å²) in [6.45, 7) is 4.34. The molecule has 0 saturated heterocycles. The molecule has 0 radical (unpaired) electrons. The van der Waals surface area contributed by atoms with Crippen LogP contribution in [0.4, 0.5) is 5.69 Å². The molecule has 0 atom stereocenters. The second-order valence-corrected chi connectivity index (χ2v) is 6.75. The number of nitrogens with one attached hydrogen (secondary N) is 2. The van der Waals surface area contributed by atoms with Gasteiger partial charge in [0.25, 0.3) is 5.91 Å². The van der Waals surface area contributed by atoms with Crippen molar-refractivity contribution in [3.05, 3.63) is 77.1 Å². The van der Waals surface area contributed by atoms with Gasteiger partial charge in [-0.3, -0.25) is 9.59 Å². The SMILES string of the molecule is CC(=O)c1c(C)[nH]c(C(=O)OCC(=O)Nc2cccc(Oc3ccccc3)c2)c1C. The zero-order valence-corrected chi connectivity index (χ0v) is 16.9. The molecule has 154 valence electrons. The first-order valence-electron chi connectivity index (χ1n) is 9.35. The van der Waals surface area contributed by atoms with Crippen LogP contribution in [0, 0.1) is 13.8 Å². The molecular formula is C23H22N2O5. The molecule has 0 saturated carbocycles. The van der Waals surface area contributed by atoms with Crippen molar-refractivity contribution in [3.8, 4) is 11.5 Å². The molecule has 1 heterocycles. The number of aromatic nitrogens is 1. The molecule has 0 unspecified atom stereocenters. The van der Waals surface area contributed by atoms with Gasteiger partial charge in [-0.2, -0.15) is 0 Å². The van der Waals surface area contributed by atoms with E-state index >= 15 is 0 Å². The molecule has 7 heteroatoms. The molecule has 2 aromatic carbocycles. The summed E-state index contributed by atoms with van der Waals surface area (Å²) >= 11 is 0. The van der Waals surface area contributed by atoms with E-state index in [4.69, 9.17) is 9.47 Å². The maximum absolute atomic E-state index is 12.3. The summed E-state index contributed by atoms with van der Waals surface area (Å²) in [5.41, 5.74) is 2.24. The van der Waals surface area contributed by atoms with Gasteiger partial charge < -0.3 is 19.8 Å². The van der Waals surface area contributed by atoms with Crippen molar-refractivity contribution in [2.24, 2.45) is 0 Å². The predicted molar refractivity (Wildman–Crippen MR) is 112 cm³/mol. The first-order chi connectivity index (χ1) is 14.3. The summed E-state index contributed by atoms with van der Waals surface area (Å²) in [6.07, 6.45) is 0. The van der Waals surface area contributed by atoms with Crippen molar-refractivity contribution in [3.63, 3.8) is 0 Å². The van der Waals surface area contributed by atoms with Crippen LogP contribution in [0.5, 0.6) is 11.5 Å². The molecule has 30 heavy (non-hydrogen) atoms. The lowest BCUT2D eigenvalue weighted by Gasteiger charge is -2.09. The molecule has 2 N–H and O–H groups in total. The fraction of sp³-hybridized carbons (Fsp3) is 0.174. The van der Waals surface area contributed by atoms with Crippen LogP contribution in [0.2, 0.25) is 0 Å². The van der Waals surface area contributed by atoms with Crippen molar-refractivity contribution < 1.29 is 23.9 Å². The van der Waals surface area contributed by atoms with E-state index in [1.165, 1.54) is 6.92 Å². The third kappa shape index (κ3) is 4.94. The number of esters is 1. The van der Waals surface area contributed by atoms with Crippen LogP contribution in [0.15, 0.2) is 54.6 Å². The van der Waals surface area contributed by atoms with Crippen molar-refractivity contribution in [2.45, 2.75) is 20.8 Å². The van der Waals surface area contributed by atoms with E-state index in [1.807, 2.05) is 30.3 Å². The molecule has 0 spiro atoms. The second kappa shape index (κ2) is 9.09. The average Bonchev–Trinajstić information content (AvgIpc) is 3.01. The highest BCUT2D eigenvalue weighted by Gasteiger charge is 2.21. The summed E-state index contributed by atoms with van der Waals surface area (Å²) in [5.74, 6) is -0.0929. The predicted octanol–water partition coefficient (Wildman–Crippen LogP) is 4.42. The third-order valence-electron chi connectivity index (χ3n) is 4.42. The molecule has 1 aromatic heterocycles. The van der Waals surface area contributed by atoms with Gasteiger partial charge in [-0.25, -0.2) is 4.79 Å². The number of benzene rings is 2. The molecule has 3 rings (SSSR count). The lowest BCUT2D eigenvalue weighted by atomic mass is 10.1. The summed E-state index contributed by atoms with van der Waals surface area (Å²) < 4.78 is 10.8. The number of ether oxygens (including phenoxy) is 2. The van der Waals surface area contributed by atoms with Crippen molar-refractivity contribution in [1.29, 1.82) is 0 Å². The number of aromatic amines is 1. The van der Waals surface area contributed by atoms with E-state index < -0.39 is 18.5 Å². The molecule has 0 fully saturated rings. The molecule has 1 amide bonds. The van der Waals surface area contributed by atoms with Gasteiger partial charge >= 0.3 is 5.97 Å². The van der Waals surface area contributed by atoms with Crippen LogP contribution in [0.1, 0.15) is 39.0 Å². The Kier molecular flexibility index (Phi) is 6.32. The van der Waals surface area contributed by atoms with Gasteiger partial charge in [0, 0.05) is 23.0 Å². The van der Waals surface area contributed by atoms with Crippen LogP contribution in [0.3, 0.4) is 0 Å². The quantitative estimate of drug-likeness (QED) is 0.447. The number of H-pyrrole nitrogens is 1. The number of carbonyl (C=O) groups is 3. The smallest absolute Gasteiger partial charge is 0.355 e. The van der Waals surface area contributed by atoms with Gasteiger partial charge in [0.05, 0.1) is 0 Å². The third-order valence-corrected chi connectivity index (χ3v) is 4.42.